The molecule has 18 heavy (non-hydrogen) atoms. The zero-order valence-corrected chi connectivity index (χ0v) is 10.9. The van der Waals surface area contributed by atoms with Crippen molar-refractivity contribution in [2.45, 2.75) is 13.0 Å². The first kappa shape index (κ1) is 11.7. The van der Waals surface area contributed by atoms with E-state index in [-0.39, 0.29) is 0 Å². The predicted molar refractivity (Wildman–Crippen MR) is 72.2 cm³/mol. The van der Waals surface area contributed by atoms with Gasteiger partial charge < -0.3 is 9.64 Å². The second-order valence-corrected chi connectivity index (χ2v) is 4.79. The van der Waals surface area contributed by atoms with Crippen LogP contribution < -0.4 is 4.90 Å². The van der Waals surface area contributed by atoms with Crippen molar-refractivity contribution >= 4 is 28.3 Å². The molecule has 1 fully saturated rings. The number of ether oxygens (including phenoxy) is 1. The number of fused-ring (bicyclic) bond motifs is 1. The van der Waals surface area contributed by atoms with Gasteiger partial charge in [-0.25, -0.2) is 4.98 Å². The Morgan fingerprint density at radius 2 is 2.17 bits per heavy atom. The van der Waals surface area contributed by atoms with Crippen LogP contribution in [0.2, 0.25) is 5.28 Å². The van der Waals surface area contributed by atoms with Crippen molar-refractivity contribution in [1.82, 2.24) is 9.97 Å². The fraction of sp³-hybridized carbons (Fsp3) is 0.385. The maximum Gasteiger partial charge on any atom is 0.224 e. The normalized spacial score (nSPS) is 20.3. The van der Waals surface area contributed by atoms with Crippen LogP contribution in [0.4, 0.5) is 5.82 Å². The van der Waals surface area contributed by atoms with Gasteiger partial charge in [-0.2, -0.15) is 4.98 Å². The topological polar surface area (TPSA) is 38.2 Å². The monoisotopic (exact) mass is 263 g/mol. The quantitative estimate of drug-likeness (QED) is 0.741. The predicted octanol–water partition coefficient (Wildman–Crippen LogP) is 2.51. The SMILES string of the molecule is C[C@@H]1COCCN1c1nc(Cl)nc2ccccc12. The highest BCUT2D eigenvalue weighted by Crippen LogP contribution is 2.27. The smallest absolute Gasteiger partial charge is 0.224 e. The Morgan fingerprint density at radius 1 is 1.33 bits per heavy atom. The standard InChI is InChI=1S/C13H14ClN3O/c1-9-8-18-7-6-17(9)12-10-4-2-3-5-11(10)15-13(14)16-12/h2-5,9H,6-8H2,1H3/t9-/m1/s1. The van der Waals surface area contributed by atoms with Crippen LogP contribution in [-0.2, 0) is 4.74 Å². The van der Waals surface area contributed by atoms with Crippen LogP contribution >= 0.6 is 11.6 Å². The molecule has 1 atom stereocenters. The lowest BCUT2D eigenvalue weighted by molar-refractivity contribution is 0.0987. The minimum absolute atomic E-state index is 0.294. The number of benzene rings is 1. The molecular formula is C13H14ClN3O. The molecule has 1 aromatic carbocycles. The van der Waals surface area contributed by atoms with Gasteiger partial charge in [-0.15, -0.1) is 0 Å². The molecule has 0 unspecified atom stereocenters. The third-order valence-electron chi connectivity index (χ3n) is 3.20. The summed E-state index contributed by atoms with van der Waals surface area (Å²) in [6.07, 6.45) is 0. The lowest BCUT2D eigenvalue weighted by atomic mass is 10.2. The van der Waals surface area contributed by atoms with Gasteiger partial charge in [-0.05, 0) is 30.7 Å². The molecule has 1 aromatic heterocycles. The number of rotatable bonds is 1. The summed E-state index contributed by atoms with van der Waals surface area (Å²) in [7, 11) is 0. The number of anilines is 1. The number of hydrogen-bond donors (Lipinski definition) is 0. The summed E-state index contributed by atoms with van der Waals surface area (Å²) in [5.41, 5.74) is 0.881. The van der Waals surface area contributed by atoms with Crippen LogP contribution in [0.25, 0.3) is 10.9 Å². The van der Waals surface area contributed by atoms with E-state index in [4.69, 9.17) is 16.3 Å². The molecule has 4 nitrogen and oxygen atoms in total. The molecule has 1 aliphatic heterocycles. The molecule has 94 valence electrons. The van der Waals surface area contributed by atoms with Crippen molar-refractivity contribution < 1.29 is 4.74 Å². The molecule has 3 rings (SSSR count). The van der Waals surface area contributed by atoms with Crippen LogP contribution in [0.15, 0.2) is 24.3 Å². The molecular weight excluding hydrogens is 250 g/mol. The molecule has 0 spiro atoms. The summed E-state index contributed by atoms with van der Waals surface area (Å²) >= 11 is 6.01. The Hall–Kier alpha value is -1.39. The maximum absolute atomic E-state index is 6.01. The molecule has 2 aromatic rings. The van der Waals surface area contributed by atoms with Gasteiger partial charge in [0.1, 0.15) is 5.82 Å². The van der Waals surface area contributed by atoms with Gasteiger partial charge in [-0.3, -0.25) is 0 Å². The summed E-state index contributed by atoms with van der Waals surface area (Å²) in [4.78, 5) is 10.9. The Bertz CT molecular complexity index is 575. The van der Waals surface area contributed by atoms with Crippen LogP contribution in [0.5, 0.6) is 0 Å². The Balaban J connectivity index is 2.15. The van der Waals surface area contributed by atoms with E-state index in [1.807, 2.05) is 24.3 Å². The van der Waals surface area contributed by atoms with Gasteiger partial charge in [0.25, 0.3) is 0 Å². The first-order valence-electron chi connectivity index (χ1n) is 6.02. The van der Waals surface area contributed by atoms with Crippen LogP contribution in [-0.4, -0.2) is 35.8 Å². The molecule has 0 N–H and O–H groups in total. The van der Waals surface area contributed by atoms with Crippen LogP contribution in [0.3, 0.4) is 0 Å². The van der Waals surface area contributed by atoms with Crippen molar-refractivity contribution in [3.8, 4) is 0 Å². The Kier molecular flexibility index (Phi) is 3.06. The van der Waals surface area contributed by atoms with Crippen molar-refractivity contribution in [2.75, 3.05) is 24.7 Å². The average Bonchev–Trinajstić information content (AvgIpc) is 2.38. The van der Waals surface area contributed by atoms with E-state index < -0.39 is 0 Å². The fourth-order valence-corrected chi connectivity index (χ4v) is 2.46. The van der Waals surface area contributed by atoms with Crippen LogP contribution in [0, 0.1) is 0 Å². The molecule has 1 aliphatic rings. The Labute approximate surface area is 111 Å². The molecule has 5 heteroatoms. The van der Waals surface area contributed by atoms with Crippen LogP contribution in [0.1, 0.15) is 6.92 Å². The molecule has 1 saturated heterocycles. The summed E-state index contributed by atoms with van der Waals surface area (Å²) in [6, 6.07) is 8.24. The summed E-state index contributed by atoms with van der Waals surface area (Å²) < 4.78 is 5.46. The van der Waals surface area contributed by atoms with E-state index in [0.717, 1.165) is 36.5 Å². The number of aromatic nitrogens is 2. The minimum Gasteiger partial charge on any atom is -0.377 e. The number of para-hydroxylation sites is 1. The van der Waals surface area contributed by atoms with Gasteiger partial charge in [0.2, 0.25) is 5.28 Å². The highest BCUT2D eigenvalue weighted by Gasteiger charge is 2.22. The van der Waals surface area contributed by atoms with Gasteiger partial charge in [0.15, 0.2) is 0 Å². The van der Waals surface area contributed by atoms with Gasteiger partial charge >= 0.3 is 0 Å². The number of nitrogens with zero attached hydrogens (tertiary/aromatic N) is 3. The van der Waals surface area contributed by atoms with Crippen molar-refractivity contribution in [1.29, 1.82) is 0 Å². The highest BCUT2D eigenvalue weighted by molar-refractivity contribution is 6.28. The Morgan fingerprint density at radius 3 is 3.00 bits per heavy atom. The third-order valence-corrected chi connectivity index (χ3v) is 3.36. The number of morpholine rings is 1. The molecule has 2 heterocycles. The van der Waals surface area contributed by atoms with Gasteiger partial charge in [0.05, 0.1) is 24.8 Å². The fourth-order valence-electron chi connectivity index (χ4n) is 2.29. The van der Waals surface area contributed by atoms with Crippen molar-refractivity contribution in [3.05, 3.63) is 29.5 Å². The second-order valence-electron chi connectivity index (χ2n) is 4.45. The van der Waals surface area contributed by atoms with Gasteiger partial charge in [0, 0.05) is 11.9 Å². The molecule has 0 aliphatic carbocycles. The number of halogens is 1. The van der Waals surface area contributed by atoms with E-state index in [9.17, 15) is 0 Å². The number of hydrogen-bond acceptors (Lipinski definition) is 4. The van der Waals surface area contributed by atoms with E-state index >= 15 is 0 Å². The van der Waals surface area contributed by atoms with Crippen molar-refractivity contribution in [3.63, 3.8) is 0 Å². The van der Waals surface area contributed by atoms with Gasteiger partial charge in [-0.1, -0.05) is 12.1 Å². The molecule has 0 amide bonds. The average molecular weight is 264 g/mol. The molecule has 0 saturated carbocycles. The lowest BCUT2D eigenvalue weighted by Crippen LogP contribution is -2.44. The first-order valence-corrected chi connectivity index (χ1v) is 6.40. The van der Waals surface area contributed by atoms with E-state index in [0.29, 0.717) is 11.3 Å². The first-order chi connectivity index (χ1) is 8.75. The van der Waals surface area contributed by atoms with E-state index in [1.165, 1.54) is 0 Å². The largest absolute Gasteiger partial charge is 0.377 e. The third kappa shape index (κ3) is 2.02. The van der Waals surface area contributed by atoms with Crippen molar-refractivity contribution in [2.24, 2.45) is 0 Å². The molecule has 0 bridgehead atoms. The highest BCUT2D eigenvalue weighted by atomic mass is 35.5. The minimum atomic E-state index is 0.294. The second kappa shape index (κ2) is 4.71. The zero-order chi connectivity index (χ0) is 12.5. The summed E-state index contributed by atoms with van der Waals surface area (Å²) in [6.45, 7) is 4.40. The van der Waals surface area contributed by atoms with E-state index in [1.54, 1.807) is 0 Å². The van der Waals surface area contributed by atoms with E-state index in [2.05, 4.69) is 21.8 Å². The maximum atomic E-state index is 6.01. The molecule has 0 radical (unpaired) electrons. The summed E-state index contributed by atoms with van der Waals surface area (Å²) in [5.74, 6) is 0.904. The lowest BCUT2D eigenvalue weighted by Gasteiger charge is -2.34. The summed E-state index contributed by atoms with van der Waals surface area (Å²) in [5, 5.41) is 1.33. The zero-order valence-electron chi connectivity index (χ0n) is 10.1.